The molecule has 0 saturated heterocycles. The van der Waals surface area contributed by atoms with Crippen molar-refractivity contribution >= 4 is 34.4 Å². The number of aryl methyl sites for hydroxylation is 1. The molecule has 6 heteroatoms. The fourth-order valence-corrected chi connectivity index (χ4v) is 1.72. The lowest BCUT2D eigenvalue weighted by Gasteiger charge is -2.20. The van der Waals surface area contributed by atoms with Crippen molar-refractivity contribution in [3.8, 4) is 0 Å². The Labute approximate surface area is 113 Å². The molecule has 0 unspecified atom stereocenters. The Morgan fingerprint density at radius 3 is 2.65 bits per heavy atom. The average molecular weight is 352 g/mol. The van der Waals surface area contributed by atoms with E-state index in [1.165, 1.54) is 6.20 Å². The minimum Gasteiger partial charge on any atom is -0.444 e. The zero-order valence-electron chi connectivity index (χ0n) is 10.1. The van der Waals surface area contributed by atoms with Gasteiger partial charge in [0.2, 0.25) is 0 Å². The monoisotopic (exact) mass is 352 g/mol. The molecule has 1 aromatic rings. The zero-order chi connectivity index (χ0) is 13.2. The van der Waals surface area contributed by atoms with Gasteiger partial charge in [0.1, 0.15) is 5.60 Å². The predicted molar refractivity (Wildman–Crippen MR) is 71.5 cm³/mol. The van der Waals surface area contributed by atoms with Gasteiger partial charge in [0.25, 0.3) is 0 Å². The fraction of sp³-hybridized carbons (Fsp3) is 0.455. The molecule has 0 aromatic carbocycles. The van der Waals surface area contributed by atoms with Crippen LogP contribution in [0.2, 0.25) is 0 Å². The Morgan fingerprint density at radius 1 is 1.53 bits per heavy atom. The number of hydrogen-bond donors (Lipinski definition) is 1. The normalized spacial score (nSPS) is 11.2. The highest BCUT2D eigenvalue weighted by Crippen LogP contribution is 2.22. The third-order valence-electron chi connectivity index (χ3n) is 1.77. The Morgan fingerprint density at radius 2 is 2.12 bits per heavy atom. The van der Waals surface area contributed by atoms with Gasteiger partial charge < -0.3 is 4.74 Å². The number of nitrogens with one attached hydrogen (secondary N) is 1. The van der Waals surface area contributed by atoms with Crippen molar-refractivity contribution in [2.75, 3.05) is 5.32 Å². The van der Waals surface area contributed by atoms with Crippen LogP contribution in [0.3, 0.4) is 0 Å². The molecule has 0 aliphatic rings. The van der Waals surface area contributed by atoms with Gasteiger partial charge in [-0.2, -0.15) is 0 Å². The molecule has 0 radical (unpaired) electrons. The van der Waals surface area contributed by atoms with Crippen molar-refractivity contribution in [1.29, 1.82) is 0 Å². The number of halogens is 2. The number of aromatic nitrogens is 1. The van der Waals surface area contributed by atoms with E-state index in [9.17, 15) is 9.18 Å². The molecule has 17 heavy (non-hydrogen) atoms. The van der Waals surface area contributed by atoms with Gasteiger partial charge >= 0.3 is 6.09 Å². The minimum absolute atomic E-state index is 0.295. The second-order valence-corrected chi connectivity index (χ2v) is 5.59. The Hall–Kier alpha value is -0.920. The average Bonchev–Trinajstić information content (AvgIpc) is 2.16. The Kier molecular flexibility index (Phi) is 4.29. The second-order valence-electron chi connectivity index (χ2n) is 4.51. The van der Waals surface area contributed by atoms with Crippen LogP contribution in [0.4, 0.5) is 14.9 Å². The third-order valence-corrected chi connectivity index (χ3v) is 2.82. The van der Waals surface area contributed by atoms with Gasteiger partial charge in [0.15, 0.2) is 5.82 Å². The molecule has 94 valence electrons. The number of pyridine rings is 1. The van der Waals surface area contributed by atoms with E-state index in [-0.39, 0.29) is 0 Å². The quantitative estimate of drug-likeness (QED) is 0.788. The molecule has 4 nitrogen and oxygen atoms in total. The van der Waals surface area contributed by atoms with E-state index in [0.29, 0.717) is 15.0 Å². The molecule has 1 heterocycles. The summed E-state index contributed by atoms with van der Waals surface area (Å²) in [6.07, 6.45) is 0.782. The van der Waals surface area contributed by atoms with Crippen molar-refractivity contribution < 1.29 is 13.9 Å². The summed E-state index contributed by atoms with van der Waals surface area (Å²) >= 11 is 1.82. The standard InChI is InChI=1S/C11H14FIN2O2/c1-6-8(12)9(13)7(5-14-6)15-10(16)17-11(2,3)4/h5H,1-4H3,(H,15,16). The van der Waals surface area contributed by atoms with E-state index >= 15 is 0 Å². The summed E-state index contributed by atoms with van der Waals surface area (Å²) in [5, 5.41) is 2.46. The van der Waals surface area contributed by atoms with Crippen molar-refractivity contribution in [2.45, 2.75) is 33.3 Å². The summed E-state index contributed by atoms with van der Waals surface area (Å²) in [4.78, 5) is 15.3. The van der Waals surface area contributed by atoms with Gasteiger partial charge in [-0.25, -0.2) is 9.18 Å². The maximum Gasteiger partial charge on any atom is 0.412 e. The molecular formula is C11H14FIN2O2. The first-order valence-electron chi connectivity index (χ1n) is 5.01. The molecule has 1 rings (SSSR count). The highest BCUT2D eigenvalue weighted by molar-refractivity contribution is 14.1. The summed E-state index contributed by atoms with van der Waals surface area (Å²) in [5.74, 6) is -0.431. The number of amides is 1. The van der Waals surface area contributed by atoms with Crippen LogP contribution in [0.25, 0.3) is 0 Å². The number of hydrogen-bond acceptors (Lipinski definition) is 3. The van der Waals surface area contributed by atoms with Crippen molar-refractivity contribution in [3.63, 3.8) is 0 Å². The number of carbonyl (C=O) groups is 1. The predicted octanol–water partition coefficient (Wildman–Crippen LogP) is 3.48. The summed E-state index contributed by atoms with van der Waals surface area (Å²) in [6, 6.07) is 0. The highest BCUT2D eigenvalue weighted by atomic mass is 127. The number of ether oxygens (including phenoxy) is 1. The first-order valence-corrected chi connectivity index (χ1v) is 6.09. The van der Waals surface area contributed by atoms with Gasteiger partial charge in [-0.05, 0) is 50.3 Å². The largest absolute Gasteiger partial charge is 0.444 e. The van der Waals surface area contributed by atoms with Gasteiger partial charge in [-0.1, -0.05) is 0 Å². The van der Waals surface area contributed by atoms with Crippen LogP contribution < -0.4 is 5.32 Å². The first-order chi connectivity index (χ1) is 7.70. The molecule has 0 bridgehead atoms. The van der Waals surface area contributed by atoms with Gasteiger partial charge in [0.05, 0.1) is 21.1 Å². The van der Waals surface area contributed by atoms with Crippen LogP contribution in [-0.4, -0.2) is 16.7 Å². The lowest BCUT2D eigenvalue weighted by atomic mass is 10.2. The molecule has 1 aromatic heterocycles. The molecule has 1 amide bonds. The van der Waals surface area contributed by atoms with E-state index in [1.54, 1.807) is 27.7 Å². The van der Waals surface area contributed by atoms with Gasteiger partial charge in [-0.3, -0.25) is 10.3 Å². The summed E-state index contributed by atoms with van der Waals surface area (Å²) < 4.78 is 18.9. The number of carbonyl (C=O) groups excluding carboxylic acids is 1. The topological polar surface area (TPSA) is 51.2 Å². The van der Waals surface area contributed by atoms with Crippen LogP contribution in [0.5, 0.6) is 0 Å². The lowest BCUT2D eigenvalue weighted by Crippen LogP contribution is -2.27. The van der Waals surface area contributed by atoms with Crippen LogP contribution in [-0.2, 0) is 4.74 Å². The summed E-state index contributed by atoms with van der Waals surface area (Å²) in [5.41, 5.74) is 0.0127. The lowest BCUT2D eigenvalue weighted by molar-refractivity contribution is 0.0635. The van der Waals surface area contributed by atoms with E-state index in [1.807, 2.05) is 22.6 Å². The van der Waals surface area contributed by atoms with Crippen LogP contribution in [0.15, 0.2) is 6.20 Å². The van der Waals surface area contributed by atoms with Crippen LogP contribution in [0, 0.1) is 16.3 Å². The molecule has 0 aliphatic heterocycles. The Bertz CT molecular complexity index is 444. The van der Waals surface area contributed by atoms with E-state index in [0.717, 1.165) is 0 Å². The van der Waals surface area contributed by atoms with Gasteiger partial charge in [0, 0.05) is 0 Å². The summed E-state index contributed by atoms with van der Waals surface area (Å²) in [6.45, 7) is 6.83. The first kappa shape index (κ1) is 14.1. The maximum absolute atomic E-state index is 13.5. The molecule has 0 atom stereocenters. The molecule has 0 spiro atoms. The Balaban J connectivity index is 2.83. The number of anilines is 1. The molecule has 1 N–H and O–H groups in total. The third kappa shape index (κ3) is 4.10. The van der Waals surface area contributed by atoms with Crippen molar-refractivity contribution in [1.82, 2.24) is 4.98 Å². The van der Waals surface area contributed by atoms with Crippen molar-refractivity contribution in [2.24, 2.45) is 0 Å². The highest BCUT2D eigenvalue weighted by Gasteiger charge is 2.18. The number of rotatable bonds is 1. The summed E-state index contributed by atoms with van der Waals surface area (Å²) in [7, 11) is 0. The minimum atomic E-state index is -0.625. The van der Waals surface area contributed by atoms with E-state index in [2.05, 4.69) is 10.3 Å². The smallest absolute Gasteiger partial charge is 0.412 e. The fourth-order valence-electron chi connectivity index (χ4n) is 1.05. The second kappa shape index (κ2) is 5.16. The van der Waals surface area contributed by atoms with Crippen LogP contribution in [0.1, 0.15) is 26.5 Å². The molecule has 0 aliphatic carbocycles. The zero-order valence-corrected chi connectivity index (χ0v) is 12.3. The molecule has 0 saturated carbocycles. The van der Waals surface area contributed by atoms with E-state index in [4.69, 9.17) is 4.74 Å². The maximum atomic E-state index is 13.5. The van der Waals surface area contributed by atoms with Crippen molar-refractivity contribution in [3.05, 3.63) is 21.3 Å². The van der Waals surface area contributed by atoms with Gasteiger partial charge in [-0.15, -0.1) is 0 Å². The van der Waals surface area contributed by atoms with Crippen LogP contribution >= 0.6 is 22.6 Å². The number of nitrogens with zero attached hydrogens (tertiary/aromatic N) is 1. The SMILES string of the molecule is Cc1ncc(NC(=O)OC(C)(C)C)c(I)c1F. The molecule has 0 fully saturated rings. The molecular weight excluding hydrogens is 338 g/mol. The van der Waals surface area contributed by atoms with E-state index < -0.39 is 17.5 Å².